The van der Waals surface area contributed by atoms with Crippen LogP contribution >= 0.6 is 11.3 Å². The molecule has 8 heteroatoms. The van der Waals surface area contributed by atoms with Crippen molar-refractivity contribution in [2.45, 2.75) is 12.5 Å². The van der Waals surface area contributed by atoms with Gasteiger partial charge in [-0.05, 0) is 0 Å². The molecule has 1 unspecified atom stereocenters. The van der Waals surface area contributed by atoms with Crippen LogP contribution in [0.4, 0.5) is 13.9 Å². The van der Waals surface area contributed by atoms with Gasteiger partial charge in [0.2, 0.25) is 0 Å². The van der Waals surface area contributed by atoms with E-state index in [1.807, 2.05) is 0 Å². The average molecular weight is 251 g/mol. The minimum absolute atomic E-state index is 0.175. The van der Waals surface area contributed by atoms with Crippen LogP contribution in [0.5, 0.6) is 0 Å². The highest BCUT2D eigenvalue weighted by molar-refractivity contribution is 7.13. The number of hydrogen-bond acceptors (Lipinski definition) is 5. The van der Waals surface area contributed by atoms with Gasteiger partial charge in [0.1, 0.15) is 6.04 Å². The van der Waals surface area contributed by atoms with Crippen molar-refractivity contribution in [3.63, 3.8) is 0 Å². The fourth-order valence-corrected chi connectivity index (χ4v) is 1.84. The third-order valence-corrected chi connectivity index (χ3v) is 2.81. The lowest BCUT2D eigenvalue weighted by Crippen LogP contribution is -2.24. The van der Waals surface area contributed by atoms with Crippen LogP contribution in [0.25, 0.3) is 0 Å². The normalized spacial score (nSPS) is 12.8. The molecule has 1 rings (SSSR count). The molecule has 0 saturated carbocycles. The number of carboxylic acids is 1. The molecule has 1 heterocycles. The maximum atomic E-state index is 12.1. The lowest BCUT2D eigenvalue weighted by molar-refractivity contribution is -0.138. The maximum Gasteiger partial charge on any atom is 0.326 e. The number of halogens is 2. The Morgan fingerprint density at radius 1 is 1.75 bits per heavy atom. The van der Waals surface area contributed by atoms with Gasteiger partial charge in [0.15, 0.2) is 5.13 Å². The van der Waals surface area contributed by atoms with Gasteiger partial charge in [-0.2, -0.15) is 0 Å². The summed E-state index contributed by atoms with van der Waals surface area (Å²) in [5.74, 6) is -1.20. The minimum Gasteiger partial charge on any atom is -0.480 e. The van der Waals surface area contributed by atoms with Gasteiger partial charge in [0.05, 0.1) is 12.2 Å². The number of thiazole rings is 1. The smallest absolute Gasteiger partial charge is 0.326 e. The van der Waals surface area contributed by atoms with Crippen LogP contribution in [0.15, 0.2) is 5.38 Å². The summed E-state index contributed by atoms with van der Waals surface area (Å²) in [7, 11) is 1.46. The van der Waals surface area contributed by atoms with Crippen molar-refractivity contribution < 1.29 is 18.7 Å². The Bertz CT molecular complexity index is 372. The third kappa shape index (κ3) is 3.11. The van der Waals surface area contributed by atoms with E-state index in [9.17, 15) is 13.6 Å². The van der Waals surface area contributed by atoms with Crippen molar-refractivity contribution in [2.24, 2.45) is 5.73 Å². The van der Waals surface area contributed by atoms with E-state index in [4.69, 9.17) is 10.8 Å². The second-order valence-corrected chi connectivity index (χ2v) is 3.98. The van der Waals surface area contributed by atoms with Gasteiger partial charge in [-0.15, -0.1) is 11.3 Å². The number of aliphatic carboxylic acids is 1. The van der Waals surface area contributed by atoms with E-state index in [0.29, 0.717) is 5.13 Å². The standard InChI is InChI=1S/C8H11F2N3O2S/c1-13(2-5(9)10)8-12-4(3-16-8)6(11)7(14)15/h3,5-6H,2,11H2,1H3,(H,14,15). The molecule has 5 nitrogen and oxygen atoms in total. The van der Waals surface area contributed by atoms with Crippen LogP contribution in [0.3, 0.4) is 0 Å². The predicted octanol–water partition coefficient (Wildman–Crippen LogP) is 0.929. The number of anilines is 1. The lowest BCUT2D eigenvalue weighted by atomic mass is 10.2. The van der Waals surface area contributed by atoms with Gasteiger partial charge in [-0.3, -0.25) is 4.79 Å². The zero-order chi connectivity index (χ0) is 12.3. The number of carboxylic acid groups (broad SMARTS) is 1. The minimum atomic E-state index is -2.47. The van der Waals surface area contributed by atoms with E-state index in [1.54, 1.807) is 0 Å². The highest BCUT2D eigenvalue weighted by Gasteiger charge is 2.19. The number of alkyl halides is 2. The molecule has 0 radical (unpaired) electrons. The number of nitrogens with zero attached hydrogens (tertiary/aromatic N) is 2. The number of hydrogen-bond donors (Lipinski definition) is 2. The van der Waals surface area contributed by atoms with E-state index < -0.39 is 25.0 Å². The molecule has 0 amide bonds. The Morgan fingerprint density at radius 2 is 2.38 bits per heavy atom. The monoisotopic (exact) mass is 251 g/mol. The first-order valence-electron chi connectivity index (χ1n) is 4.35. The summed E-state index contributed by atoms with van der Waals surface area (Å²) >= 11 is 1.08. The molecule has 0 bridgehead atoms. The van der Waals surface area contributed by atoms with Crippen LogP contribution in [0.2, 0.25) is 0 Å². The molecule has 0 saturated heterocycles. The van der Waals surface area contributed by atoms with Gasteiger partial charge in [0, 0.05) is 12.4 Å². The topological polar surface area (TPSA) is 79.5 Å². The van der Waals surface area contributed by atoms with Crippen LogP contribution in [0, 0.1) is 0 Å². The fourth-order valence-electron chi connectivity index (χ4n) is 1.01. The summed E-state index contributed by atoms with van der Waals surface area (Å²) in [5.41, 5.74) is 5.51. The molecule has 0 aromatic carbocycles. The van der Waals surface area contributed by atoms with Gasteiger partial charge in [-0.1, -0.05) is 0 Å². The van der Waals surface area contributed by atoms with E-state index >= 15 is 0 Å². The number of rotatable bonds is 5. The first-order valence-corrected chi connectivity index (χ1v) is 5.23. The zero-order valence-corrected chi connectivity index (χ0v) is 9.25. The summed E-state index contributed by atoms with van der Waals surface area (Å²) in [5, 5.41) is 10.4. The molecule has 16 heavy (non-hydrogen) atoms. The predicted molar refractivity (Wildman–Crippen MR) is 56.0 cm³/mol. The Balaban J connectivity index is 2.74. The van der Waals surface area contributed by atoms with Gasteiger partial charge in [0.25, 0.3) is 6.43 Å². The Hall–Kier alpha value is -1.28. The van der Waals surface area contributed by atoms with Crippen molar-refractivity contribution in [1.82, 2.24) is 4.98 Å². The Kier molecular flexibility index (Phi) is 4.13. The van der Waals surface area contributed by atoms with Gasteiger partial charge < -0.3 is 15.7 Å². The van der Waals surface area contributed by atoms with Crippen LogP contribution < -0.4 is 10.6 Å². The van der Waals surface area contributed by atoms with E-state index in [0.717, 1.165) is 11.3 Å². The number of nitrogens with two attached hydrogens (primary N) is 1. The van der Waals surface area contributed by atoms with Crippen molar-refractivity contribution >= 4 is 22.4 Å². The lowest BCUT2D eigenvalue weighted by Gasteiger charge is -2.14. The summed E-state index contributed by atoms with van der Waals surface area (Å²) in [6.45, 7) is -0.449. The SMILES string of the molecule is CN(CC(F)F)c1nc(C(N)C(=O)O)cs1. The second-order valence-electron chi connectivity index (χ2n) is 3.14. The van der Waals surface area contributed by atoms with Crippen LogP contribution in [-0.4, -0.2) is 36.1 Å². The third-order valence-electron chi connectivity index (χ3n) is 1.83. The van der Waals surface area contributed by atoms with Gasteiger partial charge in [-0.25, -0.2) is 13.8 Å². The van der Waals surface area contributed by atoms with Crippen molar-refractivity contribution in [2.75, 3.05) is 18.5 Å². The molecule has 0 spiro atoms. The summed E-state index contributed by atoms with van der Waals surface area (Å²) < 4.78 is 24.2. The Labute approximate surface area is 94.5 Å². The van der Waals surface area contributed by atoms with Crippen molar-refractivity contribution in [1.29, 1.82) is 0 Å². The molecule has 3 N–H and O–H groups in total. The molecule has 1 aromatic heterocycles. The largest absolute Gasteiger partial charge is 0.480 e. The molecule has 0 aliphatic rings. The van der Waals surface area contributed by atoms with E-state index in [1.165, 1.54) is 17.3 Å². The molecule has 0 fully saturated rings. The number of aromatic nitrogens is 1. The summed E-state index contributed by atoms with van der Waals surface area (Å²) in [6, 6.07) is -1.22. The second kappa shape index (κ2) is 5.17. The highest BCUT2D eigenvalue weighted by atomic mass is 32.1. The molecule has 0 aliphatic heterocycles. The molecular formula is C8H11F2N3O2S. The Morgan fingerprint density at radius 3 is 2.88 bits per heavy atom. The van der Waals surface area contributed by atoms with Gasteiger partial charge >= 0.3 is 5.97 Å². The van der Waals surface area contributed by atoms with Crippen molar-refractivity contribution in [3.05, 3.63) is 11.1 Å². The molecule has 90 valence electrons. The fraction of sp³-hybridized carbons (Fsp3) is 0.500. The van der Waals surface area contributed by atoms with E-state index in [2.05, 4.69) is 4.98 Å². The summed E-state index contributed by atoms with van der Waals surface area (Å²) in [6.07, 6.45) is -2.47. The molecule has 1 aromatic rings. The quantitative estimate of drug-likeness (QED) is 0.813. The van der Waals surface area contributed by atoms with Crippen LogP contribution in [-0.2, 0) is 4.79 Å². The van der Waals surface area contributed by atoms with Crippen LogP contribution in [0.1, 0.15) is 11.7 Å². The molecule has 1 atom stereocenters. The maximum absolute atomic E-state index is 12.1. The first kappa shape index (κ1) is 12.8. The van der Waals surface area contributed by atoms with Crippen molar-refractivity contribution in [3.8, 4) is 0 Å². The zero-order valence-electron chi connectivity index (χ0n) is 8.43. The number of carbonyl (C=O) groups is 1. The molecule has 0 aliphatic carbocycles. The molecular weight excluding hydrogens is 240 g/mol. The van der Waals surface area contributed by atoms with E-state index in [-0.39, 0.29) is 5.69 Å². The average Bonchev–Trinajstić information content (AvgIpc) is 2.63. The first-order chi connectivity index (χ1) is 7.41. The summed E-state index contributed by atoms with van der Waals surface area (Å²) in [4.78, 5) is 15.7. The highest BCUT2D eigenvalue weighted by Crippen LogP contribution is 2.22.